The lowest BCUT2D eigenvalue weighted by Gasteiger charge is -2.27. The van der Waals surface area contributed by atoms with Crippen molar-refractivity contribution in [2.45, 2.75) is 11.4 Å². The van der Waals surface area contributed by atoms with E-state index in [1.807, 2.05) is 12.3 Å². The number of hydrogen-bond donors (Lipinski definition) is 1. The second-order valence-corrected chi connectivity index (χ2v) is 4.81. The Hall–Kier alpha value is -0.580. The van der Waals surface area contributed by atoms with E-state index in [0.29, 0.717) is 0 Å². The van der Waals surface area contributed by atoms with E-state index < -0.39 is 0 Å². The Kier molecular flexibility index (Phi) is 4.63. The number of hydrogen-bond acceptors (Lipinski definition) is 4. The van der Waals surface area contributed by atoms with Crippen LogP contribution in [0, 0.1) is 0 Å². The molecule has 0 amide bonds. The van der Waals surface area contributed by atoms with Gasteiger partial charge in [0.1, 0.15) is 0 Å². The first-order valence-electron chi connectivity index (χ1n) is 5.81. The fourth-order valence-electron chi connectivity index (χ4n) is 2.01. The SMILES string of the molecule is CSc1ncccc1CCN1CCNCC1. The molecule has 0 aromatic carbocycles. The van der Waals surface area contributed by atoms with Crippen LogP contribution in [0.25, 0.3) is 0 Å². The molecular weight excluding hydrogens is 218 g/mol. The van der Waals surface area contributed by atoms with Crippen molar-refractivity contribution in [1.29, 1.82) is 0 Å². The Morgan fingerprint density at radius 3 is 3.00 bits per heavy atom. The summed E-state index contributed by atoms with van der Waals surface area (Å²) in [4.78, 5) is 6.91. The lowest BCUT2D eigenvalue weighted by atomic mass is 10.2. The van der Waals surface area contributed by atoms with Crippen molar-refractivity contribution >= 4 is 11.8 Å². The molecule has 1 saturated heterocycles. The van der Waals surface area contributed by atoms with Crippen molar-refractivity contribution in [3.8, 4) is 0 Å². The fourth-order valence-corrected chi connectivity index (χ4v) is 2.61. The summed E-state index contributed by atoms with van der Waals surface area (Å²) in [5.41, 5.74) is 1.38. The monoisotopic (exact) mass is 237 g/mol. The van der Waals surface area contributed by atoms with Crippen molar-refractivity contribution < 1.29 is 0 Å². The van der Waals surface area contributed by atoms with E-state index in [4.69, 9.17) is 0 Å². The zero-order valence-electron chi connectivity index (χ0n) is 9.78. The first kappa shape index (κ1) is 11.9. The molecule has 1 N–H and O–H groups in total. The van der Waals surface area contributed by atoms with Gasteiger partial charge in [-0.1, -0.05) is 6.07 Å². The van der Waals surface area contributed by atoms with E-state index in [1.165, 1.54) is 23.7 Å². The summed E-state index contributed by atoms with van der Waals surface area (Å²) in [7, 11) is 0. The maximum atomic E-state index is 4.39. The van der Waals surface area contributed by atoms with Crippen LogP contribution in [0.4, 0.5) is 0 Å². The predicted octanol–water partition coefficient (Wildman–Crippen LogP) is 1.25. The molecule has 1 aliphatic rings. The third kappa shape index (κ3) is 3.20. The summed E-state index contributed by atoms with van der Waals surface area (Å²) in [6.45, 7) is 5.76. The van der Waals surface area contributed by atoms with Crippen molar-refractivity contribution in [2.24, 2.45) is 0 Å². The molecule has 0 atom stereocenters. The normalized spacial score (nSPS) is 17.6. The third-order valence-corrected chi connectivity index (χ3v) is 3.70. The Balaban J connectivity index is 1.88. The highest BCUT2D eigenvalue weighted by molar-refractivity contribution is 7.98. The first-order chi connectivity index (χ1) is 7.90. The van der Waals surface area contributed by atoms with E-state index in [2.05, 4.69) is 27.5 Å². The predicted molar refractivity (Wildman–Crippen MR) is 69.0 cm³/mol. The molecule has 0 unspecified atom stereocenters. The summed E-state index contributed by atoms with van der Waals surface area (Å²) < 4.78 is 0. The van der Waals surface area contributed by atoms with Crippen molar-refractivity contribution in [3.05, 3.63) is 23.9 Å². The Bertz CT molecular complexity index is 324. The zero-order valence-corrected chi connectivity index (χ0v) is 10.6. The van der Waals surface area contributed by atoms with Crippen molar-refractivity contribution in [3.63, 3.8) is 0 Å². The molecule has 4 heteroatoms. The molecule has 3 nitrogen and oxygen atoms in total. The van der Waals surface area contributed by atoms with Crippen LogP contribution in [0.2, 0.25) is 0 Å². The maximum Gasteiger partial charge on any atom is 0.0989 e. The molecule has 0 bridgehead atoms. The highest BCUT2D eigenvalue weighted by Gasteiger charge is 2.10. The van der Waals surface area contributed by atoms with E-state index in [0.717, 1.165) is 26.1 Å². The lowest BCUT2D eigenvalue weighted by Crippen LogP contribution is -2.44. The third-order valence-electron chi connectivity index (χ3n) is 2.95. The molecule has 2 rings (SSSR count). The van der Waals surface area contributed by atoms with Gasteiger partial charge in [0, 0.05) is 38.9 Å². The minimum absolute atomic E-state index is 1.12. The topological polar surface area (TPSA) is 28.2 Å². The molecule has 2 heterocycles. The van der Waals surface area contributed by atoms with Crippen LogP contribution in [0.3, 0.4) is 0 Å². The summed E-state index contributed by atoms with van der Waals surface area (Å²) >= 11 is 1.74. The van der Waals surface area contributed by atoms with Crippen LogP contribution in [-0.2, 0) is 6.42 Å². The quantitative estimate of drug-likeness (QED) is 0.798. The summed E-state index contributed by atoms with van der Waals surface area (Å²) in [5.74, 6) is 0. The van der Waals surface area contributed by atoms with E-state index in [1.54, 1.807) is 11.8 Å². The molecule has 0 saturated carbocycles. The minimum atomic E-state index is 1.12. The largest absolute Gasteiger partial charge is 0.314 e. The molecule has 1 aromatic rings. The van der Waals surface area contributed by atoms with E-state index in [9.17, 15) is 0 Å². The number of aromatic nitrogens is 1. The molecule has 1 fully saturated rings. The summed E-state index contributed by atoms with van der Waals surface area (Å²) in [5, 5.41) is 4.56. The molecular formula is C12H19N3S. The van der Waals surface area contributed by atoms with E-state index in [-0.39, 0.29) is 0 Å². The van der Waals surface area contributed by atoms with Gasteiger partial charge in [-0.3, -0.25) is 0 Å². The molecule has 1 aliphatic heterocycles. The number of piperazine rings is 1. The van der Waals surface area contributed by atoms with Gasteiger partial charge in [0.15, 0.2) is 0 Å². The summed E-state index contributed by atoms with van der Waals surface area (Å²) in [6, 6.07) is 4.23. The highest BCUT2D eigenvalue weighted by atomic mass is 32.2. The summed E-state index contributed by atoms with van der Waals surface area (Å²) in [6.07, 6.45) is 5.08. The second kappa shape index (κ2) is 6.23. The smallest absolute Gasteiger partial charge is 0.0989 e. The number of thioether (sulfide) groups is 1. The molecule has 88 valence electrons. The number of pyridine rings is 1. The van der Waals surface area contributed by atoms with Crippen LogP contribution in [0.5, 0.6) is 0 Å². The van der Waals surface area contributed by atoms with Gasteiger partial charge in [-0.2, -0.15) is 0 Å². The fraction of sp³-hybridized carbons (Fsp3) is 0.583. The molecule has 16 heavy (non-hydrogen) atoms. The Labute approximate surface area is 102 Å². The van der Waals surface area contributed by atoms with Crippen molar-refractivity contribution in [2.75, 3.05) is 39.0 Å². The van der Waals surface area contributed by atoms with Gasteiger partial charge in [0.25, 0.3) is 0 Å². The van der Waals surface area contributed by atoms with Crippen molar-refractivity contribution in [1.82, 2.24) is 15.2 Å². The van der Waals surface area contributed by atoms with Crippen LogP contribution >= 0.6 is 11.8 Å². The molecule has 1 aromatic heterocycles. The average Bonchev–Trinajstić information content (AvgIpc) is 2.38. The van der Waals surface area contributed by atoms with Gasteiger partial charge in [-0.25, -0.2) is 4.98 Å². The van der Waals surface area contributed by atoms with Crippen LogP contribution in [0.15, 0.2) is 23.4 Å². The standard InChI is InChI=1S/C12H19N3S/c1-16-12-11(3-2-5-14-12)4-8-15-9-6-13-7-10-15/h2-3,5,13H,4,6-10H2,1H3. The highest BCUT2D eigenvalue weighted by Crippen LogP contribution is 2.17. The molecule has 0 radical (unpaired) electrons. The number of nitrogens with one attached hydrogen (secondary N) is 1. The van der Waals surface area contributed by atoms with Gasteiger partial charge in [0.05, 0.1) is 5.03 Å². The Morgan fingerprint density at radius 2 is 2.25 bits per heavy atom. The number of nitrogens with zero attached hydrogens (tertiary/aromatic N) is 2. The average molecular weight is 237 g/mol. The minimum Gasteiger partial charge on any atom is -0.314 e. The van der Waals surface area contributed by atoms with Gasteiger partial charge >= 0.3 is 0 Å². The van der Waals surface area contributed by atoms with Crippen LogP contribution in [0.1, 0.15) is 5.56 Å². The van der Waals surface area contributed by atoms with Crippen LogP contribution < -0.4 is 5.32 Å². The number of rotatable bonds is 4. The first-order valence-corrected chi connectivity index (χ1v) is 7.03. The zero-order chi connectivity index (χ0) is 11.2. The lowest BCUT2D eigenvalue weighted by molar-refractivity contribution is 0.243. The van der Waals surface area contributed by atoms with E-state index >= 15 is 0 Å². The maximum absolute atomic E-state index is 4.39. The second-order valence-electron chi connectivity index (χ2n) is 4.01. The Morgan fingerprint density at radius 1 is 1.44 bits per heavy atom. The van der Waals surface area contributed by atoms with Gasteiger partial charge < -0.3 is 10.2 Å². The van der Waals surface area contributed by atoms with Crippen LogP contribution in [-0.4, -0.2) is 48.9 Å². The molecule has 0 spiro atoms. The molecule has 0 aliphatic carbocycles. The van der Waals surface area contributed by atoms with Gasteiger partial charge in [0.2, 0.25) is 0 Å². The van der Waals surface area contributed by atoms with Gasteiger partial charge in [-0.05, 0) is 24.3 Å². The van der Waals surface area contributed by atoms with Gasteiger partial charge in [-0.15, -0.1) is 11.8 Å².